The minimum atomic E-state index is -3.79. The molecule has 2 N–H and O–H groups in total. The molecule has 0 spiro atoms. The van der Waals surface area contributed by atoms with Crippen molar-refractivity contribution in [3.8, 4) is 0 Å². The van der Waals surface area contributed by atoms with Gasteiger partial charge >= 0.3 is 0 Å². The highest BCUT2D eigenvalue weighted by molar-refractivity contribution is 7.89. The molecular weight excluding hydrogens is 462 g/mol. The highest BCUT2D eigenvalue weighted by Gasteiger charge is 2.31. The second kappa shape index (κ2) is 11.4. The number of amides is 2. The molecule has 7 nitrogen and oxygen atoms in total. The molecule has 0 radical (unpaired) electrons. The second-order valence-electron chi connectivity index (χ2n) is 9.72. The monoisotopic (exact) mass is 497 g/mol. The number of benzene rings is 2. The van der Waals surface area contributed by atoms with Crippen molar-refractivity contribution in [3.05, 3.63) is 65.2 Å². The lowest BCUT2D eigenvalue weighted by Crippen LogP contribution is -2.48. The summed E-state index contributed by atoms with van der Waals surface area (Å²) in [7, 11) is -3.79. The van der Waals surface area contributed by atoms with Crippen LogP contribution < -0.4 is 10.0 Å². The topological polar surface area (TPSA) is 95.6 Å². The number of hydrogen-bond acceptors (Lipinski definition) is 4. The molecule has 188 valence electrons. The average Bonchev–Trinajstić information content (AvgIpc) is 2.88. The molecule has 2 amide bonds. The Kier molecular flexibility index (Phi) is 8.23. The molecule has 8 heteroatoms. The number of likely N-dealkylation sites (tertiary alicyclic amines) is 1. The van der Waals surface area contributed by atoms with E-state index in [-0.39, 0.29) is 35.2 Å². The third kappa shape index (κ3) is 6.49. The van der Waals surface area contributed by atoms with Gasteiger partial charge in [-0.2, -0.15) is 0 Å². The summed E-state index contributed by atoms with van der Waals surface area (Å²) in [4.78, 5) is 28.1. The molecule has 2 aliphatic rings. The van der Waals surface area contributed by atoms with E-state index in [1.807, 2.05) is 30.3 Å². The Labute approximate surface area is 208 Å². The molecule has 1 aliphatic carbocycles. The highest BCUT2D eigenvalue weighted by atomic mass is 32.2. The van der Waals surface area contributed by atoms with Gasteiger partial charge < -0.3 is 10.2 Å². The molecule has 0 aromatic heterocycles. The van der Waals surface area contributed by atoms with Crippen molar-refractivity contribution < 1.29 is 18.0 Å². The van der Waals surface area contributed by atoms with Gasteiger partial charge in [-0.3, -0.25) is 9.59 Å². The van der Waals surface area contributed by atoms with Gasteiger partial charge in [0.05, 0.1) is 10.8 Å². The zero-order valence-electron chi connectivity index (χ0n) is 20.3. The minimum absolute atomic E-state index is 0.0348. The smallest absolute Gasteiger partial charge is 0.254 e. The first-order valence-corrected chi connectivity index (χ1v) is 14.1. The average molecular weight is 498 g/mol. The van der Waals surface area contributed by atoms with E-state index in [1.54, 1.807) is 17.9 Å². The number of sulfonamides is 1. The third-order valence-corrected chi connectivity index (χ3v) is 8.49. The van der Waals surface area contributed by atoms with Crippen LogP contribution in [0.1, 0.15) is 66.4 Å². The Bertz CT molecular complexity index is 1140. The zero-order valence-corrected chi connectivity index (χ0v) is 21.1. The van der Waals surface area contributed by atoms with Crippen molar-refractivity contribution in [1.29, 1.82) is 0 Å². The largest absolute Gasteiger partial charge is 0.353 e. The van der Waals surface area contributed by atoms with Crippen LogP contribution in [0.15, 0.2) is 53.4 Å². The van der Waals surface area contributed by atoms with Crippen LogP contribution >= 0.6 is 0 Å². The third-order valence-electron chi connectivity index (χ3n) is 7.09. The van der Waals surface area contributed by atoms with Crippen molar-refractivity contribution in [3.63, 3.8) is 0 Å². The van der Waals surface area contributed by atoms with Gasteiger partial charge in [0, 0.05) is 31.2 Å². The molecule has 1 atom stereocenters. The molecule has 1 saturated carbocycles. The van der Waals surface area contributed by atoms with Crippen LogP contribution in [-0.4, -0.2) is 44.3 Å². The van der Waals surface area contributed by atoms with Crippen molar-refractivity contribution in [1.82, 2.24) is 14.9 Å². The Morgan fingerprint density at radius 3 is 2.46 bits per heavy atom. The zero-order chi connectivity index (χ0) is 24.8. The first-order valence-electron chi connectivity index (χ1n) is 12.6. The van der Waals surface area contributed by atoms with Gasteiger partial charge in [-0.15, -0.1) is 0 Å². The van der Waals surface area contributed by atoms with Gasteiger partial charge in [-0.05, 0) is 55.9 Å². The Morgan fingerprint density at radius 2 is 1.71 bits per heavy atom. The predicted molar refractivity (Wildman–Crippen MR) is 135 cm³/mol. The van der Waals surface area contributed by atoms with Gasteiger partial charge in [0.2, 0.25) is 15.9 Å². The number of hydrogen-bond donors (Lipinski definition) is 2. The fraction of sp³-hybridized carbons (Fsp3) is 0.481. The molecule has 35 heavy (non-hydrogen) atoms. The van der Waals surface area contributed by atoms with Crippen LogP contribution in [0.3, 0.4) is 0 Å². The summed E-state index contributed by atoms with van der Waals surface area (Å²) in [5.74, 6) is -0.417. The first kappa shape index (κ1) is 25.4. The van der Waals surface area contributed by atoms with Gasteiger partial charge in [0.15, 0.2) is 0 Å². The van der Waals surface area contributed by atoms with Crippen LogP contribution in [-0.2, 0) is 21.4 Å². The molecule has 1 unspecified atom stereocenters. The number of aryl methyl sites for hydroxylation is 1. The maximum atomic E-state index is 13.4. The van der Waals surface area contributed by atoms with Gasteiger partial charge in [-0.1, -0.05) is 55.7 Å². The van der Waals surface area contributed by atoms with E-state index in [4.69, 9.17) is 0 Å². The van der Waals surface area contributed by atoms with E-state index in [0.717, 1.165) is 44.1 Å². The number of rotatable bonds is 7. The van der Waals surface area contributed by atoms with E-state index in [1.165, 1.54) is 18.6 Å². The molecular formula is C27H35N3O4S. The molecule has 4 rings (SSSR count). The molecule has 0 bridgehead atoms. The van der Waals surface area contributed by atoms with Crippen molar-refractivity contribution >= 4 is 21.8 Å². The Morgan fingerprint density at radius 1 is 0.971 bits per heavy atom. The normalized spacial score (nSPS) is 19.3. The number of carbonyl (C=O) groups excluding carboxylic acids is 2. The number of piperidine rings is 1. The lowest BCUT2D eigenvalue weighted by molar-refractivity contribution is -0.127. The molecule has 1 saturated heterocycles. The molecule has 2 fully saturated rings. The summed E-state index contributed by atoms with van der Waals surface area (Å²) in [6.45, 7) is 2.90. The van der Waals surface area contributed by atoms with Crippen LogP contribution in [0.5, 0.6) is 0 Å². The molecule has 2 aromatic rings. The summed E-state index contributed by atoms with van der Waals surface area (Å²) in [6, 6.07) is 14.2. The van der Waals surface area contributed by atoms with E-state index in [0.29, 0.717) is 24.2 Å². The van der Waals surface area contributed by atoms with Crippen LogP contribution in [0.25, 0.3) is 0 Å². The van der Waals surface area contributed by atoms with Crippen molar-refractivity contribution in [2.45, 2.75) is 69.4 Å². The van der Waals surface area contributed by atoms with E-state index in [2.05, 4.69) is 10.0 Å². The van der Waals surface area contributed by atoms with Crippen molar-refractivity contribution in [2.24, 2.45) is 5.92 Å². The summed E-state index contributed by atoms with van der Waals surface area (Å²) in [5, 5.41) is 3.19. The summed E-state index contributed by atoms with van der Waals surface area (Å²) < 4.78 is 28.4. The maximum absolute atomic E-state index is 13.4. The molecule has 1 aliphatic heterocycles. The van der Waals surface area contributed by atoms with E-state index >= 15 is 0 Å². The van der Waals surface area contributed by atoms with Gasteiger partial charge in [0.25, 0.3) is 5.91 Å². The quantitative estimate of drug-likeness (QED) is 0.609. The van der Waals surface area contributed by atoms with E-state index in [9.17, 15) is 18.0 Å². The second-order valence-corrected chi connectivity index (χ2v) is 11.5. The van der Waals surface area contributed by atoms with Gasteiger partial charge in [0.1, 0.15) is 0 Å². The number of nitrogens with one attached hydrogen (secondary N) is 2. The lowest BCUT2D eigenvalue weighted by atomic mass is 9.92. The fourth-order valence-corrected chi connectivity index (χ4v) is 6.01. The standard InChI is InChI=1S/C27H35N3O4S/c1-20-14-15-24(35(33,34)28-18-21-9-4-2-5-10-21)17-25(20)27(32)30-16-8-11-22(19-30)26(31)29-23-12-6-3-7-13-23/h2,4-5,9-10,14-15,17,22-23,28H,3,6-8,11-13,16,18-19H2,1H3,(H,29,31). The summed E-state index contributed by atoms with van der Waals surface area (Å²) in [6.07, 6.45) is 7.11. The van der Waals surface area contributed by atoms with Crippen LogP contribution in [0.2, 0.25) is 0 Å². The summed E-state index contributed by atoms with van der Waals surface area (Å²) in [5.41, 5.74) is 1.93. The minimum Gasteiger partial charge on any atom is -0.353 e. The SMILES string of the molecule is Cc1ccc(S(=O)(=O)NCc2ccccc2)cc1C(=O)N1CCCC(C(=O)NC2CCCCC2)C1. The summed E-state index contributed by atoms with van der Waals surface area (Å²) >= 11 is 0. The van der Waals surface area contributed by atoms with Crippen LogP contribution in [0, 0.1) is 12.8 Å². The predicted octanol–water partition coefficient (Wildman–Crippen LogP) is 3.77. The molecule has 1 heterocycles. The van der Waals surface area contributed by atoms with Gasteiger partial charge in [-0.25, -0.2) is 13.1 Å². The lowest BCUT2D eigenvalue weighted by Gasteiger charge is -2.34. The maximum Gasteiger partial charge on any atom is 0.254 e. The Balaban J connectivity index is 1.43. The molecule has 2 aromatic carbocycles. The van der Waals surface area contributed by atoms with E-state index < -0.39 is 10.0 Å². The fourth-order valence-electron chi connectivity index (χ4n) is 4.97. The van der Waals surface area contributed by atoms with Crippen molar-refractivity contribution in [2.75, 3.05) is 13.1 Å². The Hall–Kier alpha value is -2.71. The highest BCUT2D eigenvalue weighted by Crippen LogP contribution is 2.24. The first-order chi connectivity index (χ1) is 16.8. The number of nitrogens with zero attached hydrogens (tertiary/aromatic N) is 1. The van der Waals surface area contributed by atoms with Crippen LogP contribution in [0.4, 0.5) is 0 Å². The number of carbonyl (C=O) groups is 2.